The molecule has 7 heteroatoms. The standard InChI is InChI=1S/2C15H22NO.Mo.2O/c2*1-11(2)13-8-7-12(3)10-15(13,17)14-6-4-5-9-16-14;;;/h2*4-6,9,11-13H,7-8,10H2,1-3H3;;;/q2*-1;;2*-2/t2*12-,13+,15+;;;/m11.../s1. The van der Waals surface area contributed by atoms with E-state index in [0.29, 0.717) is 23.7 Å². The zero-order valence-electron chi connectivity index (χ0n) is 23.3. The molecule has 6 atom stereocenters. The van der Waals surface area contributed by atoms with Crippen LogP contribution in [0.4, 0.5) is 0 Å². The second-order valence-electron chi connectivity index (χ2n) is 11.7. The minimum Gasteiger partial charge on any atom is -2.00 e. The molecular weight excluding hydrogens is 548 g/mol. The van der Waals surface area contributed by atoms with Crippen molar-refractivity contribution in [3.8, 4) is 0 Å². The number of rotatable bonds is 4. The molecule has 2 fully saturated rings. The van der Waals surface area contributed by atoms with Gasteiger partial charge in [-0.1, -0.05) is 103 Å². The van der Waals surface area contributed by atoms with Crippen LogP contribution >= 0.6 is 0 Å². The normalized spacial score (nSPS) is 31.2. The summed E-state index contributed by atoms with van der Waals surface area (Å²) in [5, 5.41) is 26.5. The van der Waals surface area contributed by atoms with E-state index >= 15 is 0 Å². The molecule has 0 aromatic carbocycles. The molecule has 2 aliphatic carbocycles. The maximum Gasteiger partial charge on any atom is 0.0303 e. The largest absolute Gasteiger partial charge is 2.00 e. The van der Waals surface area contributed by atoms with Gasteiger partial charge in [-0.2, -0.15) is 0 Å². The minimum atomic E-state index is -0.979. The van der Waals surface area contributed by atoms with Crippen LogP contribution in [0, 0.1) is 35.5 Å². The fraction of sp³-hybridized carbons (Fsp3) is 0.667. The van der Waals surface area contributed by atoms with Crippen molar-refractivity contribution in [2.24, 2.45) is 35.5 Å². The van der Waals surface area contributed by atoms with Crippen LogP contribution in [0.1, 0.15) is 91.5 Å². The first-order valence-corrected chi connectivity index (χ1v) is 13.3. The second kappa shape index (κ2) is 15.4. The zero-order valence-corrected chi connectivity index (χ0v) is 25.3. The van der Waals surface area contributed by atoms with Gasteiger partial charge in [0, 0.05) is 44.8 Å². The Labute approximate surface area is 238 Å². The first-order chi connectivity index (χ1) is 16.1. The maximum atomic E-state index is 13.2. The summed E-state index contributed by atoms with van der Waals surface area (Å²) < 4.78 is 0. The van der Waals surface area contributed by atoms with Crippen LogP contribution in [0.3, 0.4) is 0 Å². The summed E-state index contributed by atoms with van der Waals surface area (Å²) in [6.07, 6.45) is 9.38. The molecule has 2 heterocycles. The fourth-order valence-corrected chi connectivity index (χ4v) is 6.50. The predicted octanol–water partition coefficient (Wildman–Crippen LogP) is 5.22. The summed E-state index contributed by atoms with van der Waals surface area (Å²) in [6, 6.07) is 11.4. The third-order valence-electron chi connectivity index (χ3n) is 8.25. The maximum absolute atomic E-state index is 13.2. The average Bonchev–Trinajstić information content (AvgIpc) is 2.80. The quantitative estimate of drug-likeness (QED) is 0.451. The fourth-order valence-electron chi connectivity index (χ4n) is 6.50. The van der Waals surface area contributed by atoms with Crippen LogP contribution in [-0.4, -0.2) is 9.97 Å². The Morgan fingerprint density at radius 3 is 1.30 bits per heavy atom. The van der Waals surface area contributed by atoms with E-state index in [4.69, 9.17) is 0 Å². The zero-order chi connectivity index (χ0) is 24.9. The average molecular weight is 593 g/mol. The molecule has 0 aliphatic heterocycles. The van der Waals surface area contributed by atoms with Crippen molar-refractivity contribution in [2.75, 3.05) is 0 Å². The van der Waals surface area contributed by atoms with Gasteiger partial charge in [0.25, 0.3) is 0 Å². The molecule has 2 aromatic heterocycles. The van der Waals surface area contributed by atoms with E-state index in [0.717, 1.165) is 37.1 Å². The van der Waals surface area contributed by atoms with Crippen molar-refractivity contribution in [1.82, 2.24) is 9.97 Å². The molecule has 2 aliphatic rings. The molecule has 0 spiro atoms. The van der Waals surface area contributed by atoms with Crippen molar-refractivity contribution < 1.29 is 42.2 Å². The topological polar surface area (TPSA) is 129 Å². The van der Waals surface area contributed by atoms with Gasteiger partial charge in [-0.3, -0.25) is 9.97 Å². The number of pyridine rings is 2. The van der Waals surface area contributed by atoms with Crippen LogP contribution in [0.25, 0.3) is 0 Å². The van der Waals surface area contributed by atoms with Crippen LogP contribution in [0.5, 0.6) is 0 Å². The summed E-state index contributed by atoms with van der Waals surface area (Å²) in [4.78, 5) is 8.66. The summed E-state index contributed by atoms with van der Waals surface area (Å²) in [5.41, 5.74) is -0.476. The minimum absolute atomic E-state index is 0. The third kappa shape index (κ3) is 8.40. The molecule has 0 unspecified atom stereocenters. The Kier molecular flexibility index (Phi) is 14.9. The van der Waals surface area contributed by atoms with Crippen LogP contribution in [0.2, 0.25) is 0 Å². The van der Waals surface area contributed by atoms with Gasteiger partial charge >= 0.3 is 0 Å². The Bertz CT molecular complexity index is 812. The molecule has 0 N–H and O–H groups in total. The van der Waals surface area contributed by atoms with E-state index in [-0.39, 0.29) is 43.9 Å². The van der Waals surface area contributed by atoms with Gasteiger partial charge in [0.15, 0.2) is 0 Å². The third-order valence-corrected chi connectivity index (χ3v) is 8.25. The molecule has 6 nitrogen and oxygen atoms in total. The monoisotopic (exact) mass is 594 g/mol. The molecule has 37 heavy (non-hydrogen) atoms. The predicted molar refractivity (Wildman–Crippen MR) is 136 cm³/mol. The molecule has 0 bridgehead atoms. The molecule has 2 aromatic rings. The number of hydrogen-bond donors (Lipinski definition) is 0. The van der Waals surface area contributed by atoms with Crippen molar-refractivity contribution in [1.29, 1.82) is 0 Å². The number of hydrogen-bond acceptors (Lipinski definition) is 4. The summed E-state index contributed by atoms with van der Waals surface area (Å²) in [5.74, 6) is 2.33. The van der Waals surface area contributed by atoms with E-state index in [1.54, 1.807) is 12.4 Å². The van der Waals surface area contributed by atoms with Crippen molar-refractivity contribution in [2.45, 2.75) is 91.3 Å². The first kappa shape index (κ1) is 35.8. The van der Waals surface area contributed by atoms with Crippen molar-refractivity contribution >= 4 is 0 Å². The van der Waals surface area contributed by atoms with E-state index in [1.165, 1.54) is 12.8 Å². The molecule has 0 amide bonds. The SMILES string of the molecule is CC(C)[C@@H]1CC[C@@H](C)C[C@@]1([O-])c1ccccn1.CC(C)[C@@H]1CC[C@@H](C)C[C@@]1([O-])c1ccccn1.[Mo].[O-2].[O-2]. The Morgan fingerprint density at radius 2 is 1.03 bits per heavy atom. The van der Waals surface area contributed by atoms with Gasteiger partial charge in [-0.15, -0.1) is 0 Å². The van der Waals surface area contributed by atoms with E-state index in [9.17, 15) is 10.2 Å². The summed E-state index contributed by atoms with van der Waals surface area (Å²) >= 11 is 0. The van der Waals surface area contributed by atoms with Crippen LogP contribution < -0.4 is 10.2 Å². The molecular formula is C30H44MoN2O4-6. The van der Waals surface area contributed by atoms with Gasteiger partial charge in [0.05, 0.1) is 0 Å². The molecule has 4 rings (SSSR count). The molecule has 0 saturated heterocycles. The van der Waals surface area contributed by atoms with Crippen molar-refractivity contribution in [3.63, 3.8) is 0 Å². The molecule has 2 saturated carbocycles. The number of nitrogens with zero attached hydrogens (tertiary/aromatic N) is 2. The Morgan fingerprint density at radius 1 is 0.676 bits per heavy atom. The smallest absolute Gasteiger partial charge is 0.0303 e. The van der Waals surface area contributed by atoms with Crippen molar-refractivity contribution in [3.05, 3.63) is 60.2 Å². The summed E-state index contributed by atoms with van der Waals surface area (Å²) in [7, 11) is 0. The molecule has 0 radical (unpaired) electrons. The Balaban J connectivity index is 0.000000648. The van der Waals surface area contributed by atoms with E-state index < -0.39 is 11.2 Å². The van der Waals surface area contributed by atoms with Crippen LogP contribution in [0.15, 0.2) is 48.8 Å². The molecule has 210 valence electrons. The van der Waals surface area contributed by atoms with Gasteiger partial charge in [-0.25, -0.2) is 0 Å². The van der Waals surface area contributed by atoms with Crippen LogP contribution in [-0.2, 0) is 43.2 Å². The second-order valence-corrected chi connectivity index (χ2v) is 11.7. The first-order valence-electron chi connectivity index (χ1n) is 13.3. The Hall–Kier alpha value is -1.17. The number of aromatic nitrogens is 2. The van der Waals surface area contributed by atoms with Gasteiger partial charge in [0.2, 0.25) is 0 Å². The van der Waals surface area contributed by atoms with Gasteiger partial charge in [0.1, 0.15) is 0 Å². The van der Waals surface area contributed by atoms with Gasteiger partial charge in [-0.05, 0) is 59.8 Å². The van der Waals surface area contributed by atoms with E-state index in [2.05, 4.69) is 51.5 Å². The van der Waals surface area contributed by atoms with Gasteiger partial charge < -0.3 is 21.2 Å². The van der Waals surface area contributed by atoms with E-state index in [1.807, 2.05) is 36.4 Å². The summed E-state index contributed by atoms with van der Waals surface area (Å²) in [6.45, 7) is 13.0.